The van der Waals surface area contributed by atoms with Crippen LogP contribution >= 0.6 is 11.3 Å². The van der Waals surface area contributed by atoms with E-state index in [2.05, 4.69) is 10.6 Å². The molecule has 82 valence electrons. The summed E-state index contributed by atoms with van der Waals surface area (Å²) < 4.78 is 0. The van der Waals surface area contributed by atoms with Gasteiger partial charge in [0.1, 0.15) is 0 Å². The van der Waals surface area contributed by atoms with Crippen molar-refractivity contribution >= 4 is 23.2 Å². The number of amides is 2. The van der Waals surface area contributed by atoms with Gasteiger partial charge in [-0.05, 0) is 36.2 Å². The molecule has 5 heteroatoms. The fraction of sp³-hybridized carbons (Fsp3) is 0.400. The van der Waals surface area contributed by atoms with E-state index < -0.39 is 11.8 Å². The van der Waals surface area contributed by atoms with Crippen molar-refractivity contribution in [3.63, 3.8) is 0 Å². The molecule has 1 aromatic rings. The Morgan fingerprint density at radius 1 is 1.40 bits per heavy atom. The molecular formula is C10H14N2O2S. The molecule has 0 bridgehead atoms. The highest BCUT2D eigenvalue weighted by Crippen LogP contribution is 2.04. The monoisotopic (exact) mass is 226 g/mol. The van der Waals surface area contributed by atoms with Gasteiger partial charge in [0.25, 0.3) is 0 Å². The lowest BCUT2D eigenvalue weighted by Crippen LogP contribution is -2.42. The van der Waals surface area contributed by atoms with Gasteiger partial charge in [-0.2, -0.15) is 11.3 Å². The van der Waals surface area contributed by atoms with Gasteiger partial charge < -0.3 is 10.6 Å². The zero-order valence-electron chi connectivity index (χ0n) is 8.74. The first kappa shape index (κ1) is 11.7. The van der Waals surface area contributed by atoms with E-state index in [1.165, 1.54) is 0 Å². The molecule has 1 heterocycles. The Labute approximate surface area is 92.7 Å². The van der Waals surface area contributed by atoms with E-state index >= 15 is 0 Å². The number of hydrogen-bond acceptors (Lipinski definition) is 3. The van der Waals surface area contributed by atoms with Crippen molar-refractivity contribution in [2.45, 2.75) is 26.4 Å². The van der Waals surface area contributed by atoms with E-state index in [-0.39, 0.29) is 6.04 Å². The predicted octanol–water partition coefficient (Wildman–Crippen LogP) is 0.889. The first-order valence-electron chi connectivity index (χ1n) is 4.69. The molecule has 0 spiro atoms. The van der Waals surface area contributed by atoms with Gasteiger partial charge in [0.05, 0.1) is 0 Å². The van der Waals surface area contributed by atoms with E-state index in [1.807, 2.05) is 30.7 Å². The van der Waals surface area contributed by atoms with Crippen molar-refractivity contribution in [2.24, 2.45) is 0 Å². The standard InChI is InChI=1S/C10H14N2O2S/c1-7(2)12-10(14)9(13)11-5-8-3-4-15-6-8/h3-4,6-7H,5H2,1-2H3,(H,11,13)(H,12,14). The van der Waals surface area contributed by atoms with Crippen molar-refractivity contribution in [2.75, 3.05) is 0 Å². The van der Waals surface area contributed by atoms with Crippen LogP contribution in [0.25, 0.3) is 0 Å². The molecule has 4 nitrogen and oxygen atoms in total. The number of carbonyl (C=O) groups is 2. The molecule has 0 fully saturated rings. The van der Waals surface area contributed by atoms with Gasteiger partial charge in [-0.15, -0.1) is 0 Å². The molecule has 15 heavy (non-hydrogen) atoms. The molecule has 0 aliphatic carbocycles. The minimum atomic E-state index is -0.588. The molecule has 2 N–H and O–H groups in total. The molecule has 0 saturated heterocycles. The molecule has 2 amide bonds. The van der Waals surface area contributed by atoms with Gasteiger partial charge in [-0.3, -0.25) is 9.59 Å². The molecule has 1 rings (SSSR count). The van der Waals surface area contributed by atoms with Crippen molar-refractivity contribution in [3.05, 3.63) is 22.4 Å². The minimum absolute atomic E-state index is 0.0237. The van der Waals surface area contributed by atoms with Crippen molar-refractivity contribution in [1.29, 1.82) is 0 Å². The van der Waals surface area contributed by atoms with Gasteiger partial charge >= 0.3 is 11.8 Å². The fourth-order valence-electron chi connectivity index (χ4n) is 0.984. The van der Waals surface area contributed by atoms with E-state index in [0.29, 0.717) is 6.54 Å². The topological polar surface area (TPSA) is 58.2 Å². The third-order valence-corrected chi connectivity index (χ3v) is 2.39. The quantitative estimate of drug-likeness (QED) is 0.752. The Morgan fingerprint density at radius 3 is 2.67 bits per heavy atom. The maximum absolute atomic E-state index is 11.3. The molecule has 0 aliphatic rings. The highest BCUT2D eigenvalue weighted by atomic mass is 32.1. The lowest BCUT2D eigenvalue weighted by atomic mass is 10.3. The summed E-state index contributed by atoms with van der Waals surface area (Å²) >= 11 is 1.56. The molecule has 0 aliphatic heterocycles. The molecule has 1 aromatic heterocycles. The molecule has 0 atom stereocenters. The summed E-state index contributed by atoms with van der Waals surface area (Å²) in [6.45, 7) is 4.02. The van der Waals surface area contributed by atoms with Gasteiger partial charge in [-0.1, -0.05) is 0 Å². The highest BCUT2D eigenvalue weighted by molar-refractivity contribution is 7.07. The van der Waals surface area contributed by atoms with E-state index in [4.69, 9.17) is 0 Å². The lowest BCUT2D eigenvalue weighted by Gasteiger charge is -2.07. The Bertz CT molecular complexity index is 333. The molecule has 0 saturated carbocycles. The summed E-state index contributed by atoms with van der Waals surface area (Å²) in [5.41, 5.74) is 1.01. The SMILES string of the molecule is CC(C)NC(=O)C(=O)NCc1ccsc1. The van der Waals surface area contributed by atoms with Crippen LogP contribution in [0.5, 0.6) is 0 Å². The fourth-order valence-corrected chi connectivity index (χ4v) is 1.65. The Hall–Kier alpha value is -1.36. The number of rotatable bonds is 3. The summed E-state index contributed by atoms with van der Waals surface area (Å²) in [5.74, 6) is -1.17. The number of thiophene rings is 1. The van der Waals surface area contributed by atoms with Crippen molar-refractivity contribution in [1.82, 2.24) is 10.6 Å². The van der Waals surface area contributed by atoms with E-state index in [0.717, 1.165) is 5.56 Å². The maximum Gasteiger partial charge on any atom is 0.309 e. The van der Waals surface area contributed by atoms with Gasteiger partial charge in [0, 0.05) is 12.6 Å². The summed E-state index contributed by atoms with van der Waals surface area (Å²) in [6.07, 6.45) is 0. The molecule has 0 unspecified atom stereocenters. The van der Waals surface area contributed by atoms with Crippen LogP contribution in [-0.2, 0) is 16.1 Å². The first-order valence-corrected chi connectivity index (χ1v) is 5.63. The van der Waals surface area contributed by atoms with E-state index in [1.54, 1.807) is 11.3 Å². The highest BCUT2D eigenvalue weighted by Gasteiger charge is 2.13. The van der Waals surface area contributed by atoms with Gasteiger partial charge in [0.2, 0.25) is 0 Å². The van der Waals surface area contributed by atoms with Crippen LogP contribution in [0.1, 0.15) is 19.4 Å². The second-order valence-corrected chi connectivity index (χ2v) is 4.22. The van der Waals surface area contributed by atoms with Crippen LogP contribution in [-0.4, -0.2) is 17.9 Å². The Kier molecular flexibility index (Phi) is 4.30. The van der Waals surface area contributed by atoms with Crippen LogP contribution in [0.4, 0.5) is 0 Å². The average molecular weight is 226 g/mol. The van der Waals surface area contributed by atoms with Crippen LogP contribution in [0.3, 0.4) is 0 Å². The Balaban J connectivity index is 2.33. The summed E-state index contributed by atoms with van der Waals surface area (Å²) in [5, 5.41) is 8.93. The number of nitrogens with one attached hydrogen (secondary N) is 2. The second-order valence-electron chi connectivity index (χ2n) is 3.44. The van der Waals surface area contributed by atoms with Crippen LogP contribution in [0, 0.1) is 0 Å². The average Bonchev–Trinajstić information content (AvgIpc) is 2.65. The summed E-state index contributed by atoms with van der Waals surface area (Å²) in [6, 6.07) is 1.88. The van der Waals surface area contributed by atoms with Crippen molar-refractivity contribution in [3.8, 4) is 0 Å². The zero-order chi connectivity index (χ0) is 11.3. The van der Waals surface area contributed by atoms with Crippen LogP contribution < -0.4 is 10.6 Å². The van der Waals surface area contributed by atoms with Crippen molar-refractivity contribution < 1.29 is 9.59 Å². The van der Waals surface area contributed by atoms with Gasteiger partial charge in [-0.25, -0.2) is 0 Å². The summed E-state index contributed by atoms with van der Waals surface area (Å²) in [4.78, 5) is 22.4. The number of carbonyl (C=O) groups excluding carboxylic acids is 2. The molecule has 0 aromatic carbocycles. The molecular weight excluding hydrogens is 212 g/mol. The third-order valence-electron chi connectivity index (χ3n) is 1.66. The molecule has 0 radical (unpaired) electrons. The van der Waals surface area contributed by atoms with Crippen LogP contribution in [0.15, 0.2) is 16.8 Å². The zero-order valence-corrected chi connectivity index (χ0v) is 9.56. The smallest absolute Gasteiger partial charge is 0.309 e. The van der Waals surface area contributed by atoms with E-state index in [9.17, 15) is 9.59 Å². The minimum Gasteiger partial charge on any atom is -0.346 e. The number of hydrogen-bond donors (Lipinski definition) is 2. The van der Waals surface area contributed by atoms with Gasteiger partial charge in [0.15, 0.2) is 0 Å². The Morgan fingerprint density at radius 2 is 2.13 bits per heavy atom. The third kappa shape index (κ3) is 4.12. The lowest BCUT2D eigenvalue weighted by molar-refractivity contribution is -0.139. The van der Waals surface area contributed by atoms with Crippen LogP contribution in [0.2, 0.25) is 0 Å². The summed E-state index contributed by atoms with van der Waals surface area (Å²) in [7, 11) is 0. The maximum atomic E-state index is 11.3. The normalized spacial score (nSPS) is 10.1. The second kappa shape index (κ2) is 5.50. The predicted molar refractivity (Wildman–Crippen MR) is 59.4 cm³/mol. The largest absolute Gasteiger partial charge is 0.346 e. The first-order chi connectivity index (χ1) is 7.09.